The van der Waals surface area contributed by atoms with E-state index in [2.05, 4.69) is 15.6 Å². The van der Waals surface area contributed by atoms with E-state index >= 15 is 0 Å². The number of amides is 1. The predicted molar refractivity (Wildman–Crippen MR) is 92.9 cm³/mol. The SMILES string of the molecule is O=C(CCSc1ccccc1)NCc1cn(-c2ccsc2)nn1. The van der Waals surface area contributed by atoms with Crippen LogP contribution in [0.2, 0.25) is 0 Å². The van der Waals surface area contributed by atoms with Gasteiger partial charge in [-0.25, -0.2) is 4.68 Å². The Morgan fingerprint density at radius 3 is 2.91 bits per heavy atom. The molecule has 0 aliphatic heterocycles. The first-order valence-corrected chi connectivity index (χ1v) is 9.12. The molecule has 2 heterocycles. The van der Waals surface area contributed by atoms with E-state index in [9.17, 15) is 4.79 Å². The average Bonchev–Trinajstić information content (AvgIpc) is 3.25. The van der Waals surface area contributed by atoms with E-state index in [4.69, 9.17) is 0 Å². The molecular weight excluding hydrogens is 328 g/mol. The fourth-order valence-electron chi connectivity index (χ4n) is 1.95. The van der Waals surface area contributed by atoms with Crippen molar-refractivity contribution in [2.24, 2.45) is 0 Å². The summed E-state index contributed by atoms with van der Waals surface area (Å²) in [6.07, 6.45) is 2.32. The highest BCUT2D eigenvalue weighted by molar-refractivity contribution is 7.99. The molecule has 118 valence electrons. The second-order valence-corrected chi connectivity index (χ2v) is 6.77. The third-order valence-corrected chi connectivity index (χ3v) is 4.80. The monoisotopic (exact) mass is 344 g/mol. The highest BCUT2D eigenvalue weighted by atomic mass is 32.2. The molecule has 3 aromatic rings. The molecule has 0 unspecified atom stereocenters. The minimum Gasteiger partial charge on any atom is -0.350 e. The summed E-state index contributed by atoms with van der Waals surface area (Å²) in [6, 6.07) is 12.1. The van der Waals surface area contributed by atoms with Crippen molar-refractivity contribution in [3.63, 3.8) is 0 Å². The molecule has 0 saturated heterocycles. The number of nitrogens with zero attached hydrogens (tertiary/aromatic N) is 3. The first-order chi connectivity index (χ1) is 11.3. The van der Waals surface area contributed by atoms with E-state index < -0.39 is 0 Å². The van der Waals surface area contributed by atoms with Crippen LogP contribution in [0.25, 0.3) is 5.69 Å². The van der Waals surface area contributed by atoms with Crippen molar-refractivity contribution in [1.82, 2.24) is 20.3 Å². The topological polar surface area (TPSA) is 59.8 Å². The largest absolute Gasteiger partial charge is 0.350 e. The maximum absolute atomic E-state index is 11.9. The zero-order chi connectivity index (χ0) is 15.9. The molecule has 0 fully saturated rings. The van der Waals surface area contributed by atoms with Crippen molar-refractivity contribution in [2.75, 3.05) is 5.75 Å². The van der Waals surface area contributed by atoms with Gasteiger partial charge in [-0.1, -0.05) is 23.4 Å². The summed E-state index contributed by atoms with van der Waals surface area (Å²) in [5.74, 6) is 0.788. The van der Waals surface area contributed by atoms with E-state index in [0.29, 0.717) is 13.0 Å². The van der Waals surface area contributed by atoms with Crippen molar-refractivity contribution in [3.05, 3.63) is 59.0 Å². The van der Waals surface area contributed by atoms with E-state index in [1.54, 1.807) is 27.8 Å². The Bertz CT molecular complexity index is 741. The molecule has 0 aliphatic rings. The normalized spacial score (nSPS) is 10.6. The number of hydrogen-bond acceptors (Lipinski definition) is 5. The van der Waals surface area contributed by atoms with Crippen LogP contribution in [-0.2, 0) is 11.3 Å². The number of carbonyl (C=O) groups excluding carboxylic acids is 1. The van der Waals surface area contributed by atoms with Gasteiger partial charge in [-0.15, -0.1) is 16.9 Å². The van der Waals surface area contributed by atoms with Crippen LogP contribution in [0.4, 0.5) is 0 Å². The number of thiophene rings is 1. The fraction of sp³-hybridized carbons (Fsp3) is 0.188. The number of thioether (sulfide) groups is 1. The maximum Gasteiger partial charge on any atom is 0.221 e. The molecule has 0 spiro atoms. The first-order valence-electron chi connectivity index (χ1n) is 7.19. The average molecular weight is 344 g/mol. The van der Waals surface area contributed by atoms with Crippen molar-refractivity contribution >= 4 is 29.0 Å². The molecule has 0 atom stereocenters. The molecule has 0 radical (unpaired) electrons. The molecule has 0 saturated carbocycles. The van der Waals surface area contributed by atoms with Gasteiger partial charge in [0.15, 0.2) is 0 Å². The lowest BCUT2D eigenvalue weighted by Gasteiger charge is -2.03. The van der Waals surface area contributed by atoms with Crippen LogP contribution in [0.1, 0.15) is 12.1 Å². The van der Waals surface area contributed by atoms with Crippen LogP contribution in [0.5, 0.6) is 0 Å². The van der Waals surface area contributed by atoms with Gasteiger partial charge < -0.3 is 5.32 Å². The molecule has 1 aromatic carbocycles. The lowest BCUT2D eigenvalue weighted by molar-refractivity contribution is -0.120. The smallest absolute Gasteiger partial charge is 0.221 e. The zero-order valence-electron chi connectivity index (χ0n) is 12.4. The van der Waals surface area contributed by atoms with Crippen LogP contribution in [0, 0.1) is 0 Å². The Balaban J connectivity index is 1.41. The quantitative estimate of drug-likeness (QED) is 0.669. The second kappa shape index (κ2) is 7.94. The highest BCUT2D eigenvalue weighted by Crippen LogP contribution is 2.17. The molecular formula is C16H16N4OS2. The van der Waals surface area contributed by atoms with Gasteiger partial charge in [-0.2, -0.15) is 11.3 Å². The number of rotatable bonds is 7. The summed E-state index contributed by atoms with van der Waals surface area (Å²) in [5, 5.41) is 15.0. The minimum atomic E-state index is 0.0264. The third-order valence-electron chi connectivity index (χ3n) is 3.12. The van der Waals surface area contributed by atoms with Crippen molar-refractivity contribution in [2.45, 2.75) is 17.9 Å². The predicted octanol–water partition coefficient (Wildman–Crippen LogP) is 3.13. The van der Waals surface area contributed by atoms with Gasteiger partial charge in [0.05, 0.1) is 18.4 Å². The number of nitrogens with one attached hydrogen (secondary N) is 1. The van der Waals surface area contributed by atoms with Gasteiger partial charge in [-0.05, 0) is 23.6 Å². The Labute approximate surface area is 142 Å². The van der Waals surface area contributed by atoms with Crippen molar-refractivity contribution in [1.29, 1.82) is 0 Å². The summed E-state index contributed by atoms with van der Waals surface area (Å²) < 4.78 is 1.71. The summed E-state index contributed by atoms with van der Waals surface area (Å²) in [6.45, 7) is 0.402. The molecule has 7 heteroatoms. The molecule has 2 aromatic heterocycles. The van der Waals surface area contributed by atoms with Crippen LogP contribution in [0.3, 0.4) is 0 Å². The zero-order valence-corrected chi connectivity index (χ0v) is 14.0. The van der Waals surface area contributed by atoms with E-state index in [1.165, 1.54) is 4.90 Å². The van der Waals surface area contributed by atoms with Crippen LogP contribution in [0.15, 0.2) is 58.3 Å². The molecule has 23 heavy (non-hydrogen) atoms. The van der Waals surface area contributed by atoms with Crippen LogP contribution in [-0.4, -0.2) is 26.7 Å². The Morgan fingerprint density at radius 2 is 2.13 bits per heavy atom. The van der Waals surface area contributed by atoms with E-state index in [0.717, 1.165) is 17.1 Å². The lowest BCUT2D eigenvalue weighted by Crippen LogP contribution is -2.23. The van der Waals surface area contributed by atoms with Gasteiger partial charge >= 0.3 is 0 Å². The summed E-state index contributed by atoms with van der Waals surface area (Å²) >= 11 is 3.29. The van der Waals surface area contributed by atoms with Crippen LogP contribution >= 0.6 is 23.1 Å². The van der Waals surface area contributed by atoms with E-state index in [-0.39, 0.29) is 5.91 Å². The third kappa shape index (κ3) is 4.67. The van der Waals surface area contributed by atoms with Crippen molar-refractivity contribution < 1.29 is 4.79 Å². The molecule has 5 nitrogen and oxygen atoms in total. The number of aromatic nitrogens is 3. The molecule has 1 amide bonds. The van der Waals surface area contributed by atoms with E-state index in [1.807, 2.05) is 53.4 Å². The van der Waals surface area contributed by atoms with Crippen molar-refractivity contribution in [3.8, 4) is 5.69 Å². The van der Waals surface area contributed by atoms with Crippen LogP contribution < -0.4 is 5.32 Å². The van der Waals surface area contributed by atoms with Gasteiger partial charge in [-0.3, -0.25) is 4.79 Å². The molecule has 1 N–H and O–H groups in total. The highest BCUT2D eigenvalue weighted by Gasteiger charge is 2.06. The fourth-order valence-corrected chi connectivity index (χ4v) is 3.44. The number of benzene rings is 1. The standard InChI is InChI=1S/C16H16N4OS2/c21-16(7-9-23-15-4-2-1-3-5-15)17-10-13-11-20(19-18-13)14-6-8-22-12-14/h1-6,8,11-12H,7,9-10H2,(H,17,21). The lowest BCUT2D eigenvalue weighted by atomic mass is 10.4. The Kier molecular flexibility index (Phi) is 5.44. The Hall–Kier alpha value is -2.12. The first kappa shape index (κ1) is 15.8. The summed E-state index contributed by atoms with van der Waals surface area (Å²) in [5.41, 5.74) is 1.74. The summed E-state index contributed by atoms with van der Waals surface area (Å²) in [7, 11) is 0. The Morgan fingerprint density at radius 1 is 1.26 bits per heavy atom. The van der Waals surface area contributed by atoms with Gasteiger partial charge in [0.25, 0.3) is 0 Å². The van der Waals surface area contributed by atoms with Gasteiger partial charge in [0.1, 0.15) is 5.69 Å². The minimum absolute atomic E-state index is 0.0264. The summed E-state index contributed by atoms with van der Waals surface area (Å²) in [4.78, 5) is 13.0. The van der Waals surface area contributed by atoms with Gasteiger partial charge in [0.2, 0.25) is 5.91 Å². The maximum atomic E-state index is 11.9. The molecule has 0 aliphatic carbocycles. The molecule has 0 bridgehead atoms. The molecule has 3 rings (SSSR count). The second-order valence-electron chi connectivity index (χ2n) is 4.82. The number of carbonyl (C=O) groups is 1. The number of hydrogen-bond donors (Lipinski definition) is 1. The van der Waals surface area contributed by atoms with Gasteiger partial charge in [0, 0.05) is 22.4 Å².